The molecule has 0 spiro atoms. The van der Waals surface area contributed by atoms with E-state index in [2.05, 4.69) is 43.3 Å². The highest BCUT2D eigenvalue weighted by atomic mass is 19.1. The molecule has 0 radical (unpaired) electrons. The lowest BCUT2D eigenvalue weighted by Crippen LogP contribution is -2.34. The third-order valence-electron chi connectivity index (χ3n) is 6.31. The van der Waals surface area contributed by atoms with E-state index < -0.39 is 11.6 Å². The Kier molecular flexibility index (Phi) is 9.44. The van der Waals surface area contributed by atoms with Crippen molar-refractivity contribution < 1.29 is 13.9 Å². The van der Waals surface area contributed by atoms with E-state index in [0.717, 1.165) is 29.5 Å². The standard InChI is InChI=1S/C31H37FO2/c1-4-6-8-9-12-24-15-17-25(18-16-24)28-13-10-11-14-29(28)26-19-21-27(22-20-26)34-30(33)31(3,32)23-7-5-2/h10-11,13-22H,4-9,12,23H2,1-3H3. The molecule has 2 nitrogen and oxygen atoms in total. The Morgan fingerprint density at radius 1 is 0.765 bits per heavy atom. The van der Waals surface area contributed by atoms with Crippen molar-refractivity contribution in [2.75, 3.05) is 0 Å². The van der Waals surface area contributed by atoms with Gasteiger partial charge in [0.2, 0.25) is 5.67 Å². The van der Waals surface area contributed by atoms with Crippen LogP contribution in [0.3, 0.4) is 0 Å². The molecule has 34 heavy (non-hydrogen) atoms. The summed E-state index contributed by atoms with van der Waals surface area (Å²) in [6, 6.07) is 24.5. The van der Waals surface area contributed by atoms with Crippen LogP contribution in [-0.2, 0) is 11.2 Å². The molecular formula is C31H37FO2. The molecule has 3 aromatic carbocycles. The van der Waals surface area contributed by atoms with E-state index in [1.54, 1.807) is 12.1 Å². The SMILES string of the molecule is CCCCCCc1ccc(-c2ccccc2-c2ccc(OC(=O)C(C)(F)CCCC)cc2)cc1. The molecule has 3 heteroatoms. The minimum absolute atomic E-state index is 0.172. The average molecular weight is 461 g/mol. The lowest BCUT2D eigenvalue weighted by molar-refractivity contribution is -0.147. The number of hydrogen-bond acceptors (Lipinski definition) is 2. The topological polar surface area (TPSA) is 26.3 Å². The van der Waals surface area contributed by atoms with Gasteiger partial charge in [-0.05, 0) is 72.6 Å². The molecule has 0 aliphatic rings. The molecule has 0 heterocycles. The fourth-order valence-electron chi connectivity index (χ4n) is 4.12. The van der Waals surface area contributed by atoms with Gasteiger partial charge in [0.25, 0.3) is 0 Å². The number of carbonyl (C=O) groups is 1. The van der Waals surface area contributed by atoms with Crippen LogP contribution >= 0.6 is 0 Å². The molecule has 1 unspecified atom stereocenters. The summed E-state index contributed by atoms with van der Waals surface area (Å²) in [6.07, 6.45) is 7.86. The van der Waals surface area contributed by atoms with Gasteiger partial charge in [-0.2, -0.15) is 0 Å². The molecule has 180 valence electrons. The summed E-state index contributed by atoms with van der Waals surface area (Å²) < 4.78 is 19.9. The maximum absolute atomic E-state index is 14.6. The summed E-state index contributed by atoms with van der Waals surface area (Å²) in [5, 5.41) is 0. The second-order valence-electron chi connectivity index (χ2n) is 9.27. The van der Waals surface area contributed by atoms with E-state index in [-0.39, 0.29) is 6.42 Å². The molecule has 3 aromatic rings. The number of alkyl halides is 1. The van der Waals surface area contributed by atoms with Crippen molar-refractivity contribution in [2.45, 2.75) is 77.8 Å². The second kappa shape index (κ2) is 12.5. The normalized spacial score (nSPS) is 12.8. The Morgan fingerprint density at radius 3 is 1.88 bits per heavy atom. The van der Waals surface area contributed by atoms with Gasteiger partial charge in [-0.1, -0.05) is 100 Å². The Hall–Kier alpha value is -2.94. The summed E-state index contributed by atoms with van der Waals surface area (Å²) >= 11 is 0. The zero-order valence-electron chi connectivity index (χ0n) is 20.8. The van der Waals surface area contributed by atoms with Gasteiger partial charge < -0.3 is 4.74 Å². The van der Waals surface area contributed by atoms with Crippen molar-refractivity contribution in [3.8, 4) is 28.0 Å². The first-order chi connectivity index (χ1) is 16.4. The Bertz CT molecular complexity index is 1040. The molecule has 0 amide bonds. The number of unbranched alkanes of at least 4 members (excludes halogenated alkanes) is 4. The van der Waals surface area contributed by atoms with Crippen LogP contribution in [0.25, 0.3) is 22.3 Å². The smallest absolute Gasteiger partial charge is 0.348 e. The van der Waals surface area contributed by atoms with Crippen LogP contribution < -0.4 is 4.74 Å². The van der Waals surface area contributed by atoms with E-state index in [9.17, 15) is 9.18 Å². The van der Waals surface area contributed by atoms with Gasteiger partial charge in [-0.25, -0.2) is 9.18 Å². The fourth-order valence-corrected chi connectivity index (χ4v) is 4.12. The highest BCUT2D eigenvalue weighted by Gasteiger charge is 2.34. The van der Waals surface area contributed by atoms with E-state index >= 15 is 0 Å². The number of carbonyl (C=O) groups excluding carboxylic acids is 1. The predicted molar refractivity (Wildman–Crippen MR) is 140 cm³/mol. The van der Waals surface area contributed by atoms with Crippen molar-refractivity contribution in [3.63, 3.8) is 0 Å². The molecule has 0 aliphatic heterocycles. The molecule has 0 saturated carbocycles. The molecule has 0 N–H and O–H groups in total. The maximum Gasteiger partial charge on any atom is 0.348 e. The van der Waals surface area contributed by atoms with E-state index in [0.29, 0.717) is 12.2 Å². The van der Waals surface area contributed by atoms with Gasteiger partial charge in [-0.15, -0.1) is 0 Å². The van der Waals surface area contributed by atoms with Crippen molar-refractivity contribution in [2.24, 2.45) is 0 Å². The molecular weight excluding hydrogens is 423 g/mol. The van der Waals surface area contributed by atoms with Crippen LogP contribution in [0.2, 0.25) is 0 Å². The lowest BCUT2D eigenvalue weighted by Gasteiger charge is -2.18. The Labute approximate surface area is 204 Å². The maximum atomic E-state index is 14.6. The quantitative estimate of drug-likeness (QED) is 0.153. The van der Waals surface area contributed by atoms with Crippen molar-refractivity contribution in [3.05, 3.63) is 78.4 Å². The number of ether oxygens (including phenoxy) is 1. The summed E-state index contributed by atoms with van der Waals surface area (Å²) in [4.78, 5) is 12.3. The highest BCUT2D eigenvalue weighted by Crippen LogP contribution is 2.33. The van der Waals surface area contributed by atoms with Gasteiger partial charge in [0.15, 0.2) is 0 Å². The summed E-state index contributed by atoms with van der Waals surface area (Å²) in [5.41, 5.74) is 3.86. The molecule has 3 rings (SSSR count). The van der Waals surface area contributed by atoms with Gasteiger partial charge in [-0.3, -0.25) is 0 Å². The molecule has 1 atom stereocenters. The van der Waals surface area contributed by atoms with Crippen molar-refractivity contribution >= 4 is 5.97 Å². The zero-order valence-corrected chi connectivity index (χ0v) is 20.8. The third-order valence-corrected chi connectivity index (χ3v) is 6.31. The second-order valence-corrected chi connectivity index (χ2v) is 9.27. The number of rotatable bonds is 12. The van der Waals surface area contributed by atoms with Gasteiger partial charge in [0.05, 0.1) is 0 Å². The predicted octanol–water partition coefficient (Wildman–Crippen LogP) is 8.97. The van der Waals surface area contributed by atoms with Crippen LogP contribution in [0.15, 0.2) is 72.8 Å². The number of esters is 1. The summed E-state index contributed by atoms with van der Waals surface area (Å²) in [6.45, 7) is 5.51. The number of halogens is 1. The first-order valence-corrected chi connectivity index (χ1v) is 12.6. The number of benzene rings is 3. The first kappa shape index (κ1) is 25.7. The fraction of sp³-hybridized carbons (Fsp3) is 0.387. The number of hydrogen-bond donors (Lipinski definition) is 0. The van der Waals surface area contributed by atoms with Crippen LogP contribution in [0.5, 0.6) is 5.75 Å². The monoisotopic (exact) mass is 460 g/mol. The lowest BCUT2D eigenvalue weighted by atomic mass is 9.93. The van der Waals surface area contributed by atoms with Crippen LogP contribution in [0.4, 0.5) is 4.39 Å². The Morgan fingerprint density at radius 2 is 1.32 bits per heavy atom. The van der Waals surface area contributed by atoms with Crippen LogP contribution in [0, 0.1) is 0 Å². The molecule has 0 fully saturated rings. The Balaban J connectivity index is 1.72. The van der Waals surface area contributed by atoms with Gasteiger partial charge >= 0.3 is 5.97 Å². The van der Waals surface area contributed by atoms with E-state index in [1.807, 2.05) is 31.2 Å². The van der Waals surface area contributed by atoms with Crippen LogP contribution in [-0.4, -0.2) is 11.6 Å². The number of aryl methyl sites for hydroxylation is 1. The average Bonchev–Trinajstić information content (AvgIpc) is 2.86. The minimum Gasteiger partial charge on any atom is -0.424 e. The van der Waals surface area contributed by atoms with Crippen LogP contribution in [0.1, 0.15) is 71.3 Å². The largest absolute Gasteiger partial charge is 0.424 e. The molecule has 0 aromatic heterocycles. The minimum atomic E-state index is -1.97. The van der Waals surface area contributed by atoms with Crippen molar-refractivity contribution in [1.29, 1.82) is 0 Å². The van der Waals surface area contributed by atoms with Gasteiger partial charge in [0.1, 0.15) is 5.75 Å². The third kappa shape index (κ3) is 7.03. The molecule has 0 saturated heterocycles. The highest BCUT2D eigenvalue weighted by molar-refractivity contribution is 5.84. The van der Waals surface area contributed by atoms with Crippen molar-refractivity contribution in [1.82, 2.24) is 0 Å². The zero-order chi connectivity index (χ0) is 24.4. The summed E-state index contributed by atoms with van der Waals surface area (Å²) in [7, 11) is 0. The van der Waals surface area contributed by atoms with Gasteiger partial charge in [0, 0.05) is 0 Å². The van der Waals surface area contributed by atoms with E-state index in [4.69, 9.17) is 4.74 Å². The molecule has 0 aliphatic carbocycles. The van der Waals surface area contributed by atoms with E-state index in [1.165, 1.54) is 43.7 Å². The summed E-state index contributed by atoms with van der Waals surface area (Å²) in [5.74, 6) is -0.470. The molecule has 0 bridgehead atoms. The first-order valence-electron chi connectivity index (χ1n) is 12.6.